The molecule has 0 spiro atoms. The van der Waals surface area contributed by atoms with Crippen LogP contribution in [0.25, 0.3) is 67.1 Å². The van der Waals surface area contributed by atoms with Gasteiger partial charge in [-0.25, -0.2) is 9.97 Å². The van der Waals surface area contributed by atoms with Crippen LogP contribution in [0.1, 0.15) is 31.4 Å². The molecule has 9 aromatic rings. The zero-order chi connectivity index (χ0) is 29.5. The second kappa shape index (κ2) is 9.32. The summed E-state index contributed by atoms with van der Waals surface area (Å²) in [6, 6.07) is 39.0. The molecule has 44 heavy (non-hydrogen) atoms. The summed E-state index contributed by atoms with van der Waals surface area (Å²) in [4.78, 5) is 10.5. The summed E-state index contributed by atoms with van der Waals surface area (Å²) >= 11 is 0. The van der Waals surface area contributed by atoms with E-state index in [4.69, 9.17) is 9.97 Å². The molecule has 0 atom stereocenters. The molecule has 0 aliphatic heterocycles. The Balaban J connectivity index is 1.32. The second-order valence-electron chi connectivity index (χ2n) is 12.3. The van der Waals surface area contributed by atoms with Gasteiger partial charge in [0.25, 0.3) is 0 Å². The van der Waals surface area contributed by atoms with E-state index in [0.717, 1.165) is 79.9 Å². The van der Waals surface area contributed by atoms with Crippen molar-refractivity contribution in [2.45, 2.75) is 33.6 Å². The summed E-state index contributed by atoms with van der Waals surface area (Å²) in [6.45, 7) is 6.70. The molecule has 5 aromatic carbocycles. The molecule has 0 aliphatic rings. The molecular formula is C38H32N6. The molecule has 0 N–H and O–H groups in total. The number of benzene rings is 5. The fourth-order valence-electron chi connectivity index (χ4n) is 6.97. The van der Waals surface area contributed by atoms with Crippen molar-refractivity contribution < 1.29 is 0 Å². The molecule has 6 nitrogen and oxygen atoms in total. The molecule has 4 aromatic heterocycles. The van der Waals surface area contributed by atoms with Crippen LogP contribution in [0.4, 0.5) is 0 Å². The van der Waals surface area contributed by atoms with Gasteiger partial charge in [-0.1, -0.05) is 68.4 Å². The third kappa shape index (κ3) is 3.48. The quantitative estimate of drug-likeness (QED) is 0.206. The number of imidazole rings is 4. The number of aromatic nitrogens is 6. The van der Waals surface area contributed by atoms with E-state index in [-0.39, 0.29) is 0 Å². The molecule has 0 aliphatic carbocycles. The number of hydrogen-bond acceptors (Lipinski definition) is 2. The fourth-order valence-corrected chi connectivity index (χ4v) is 6.97. The lowest BCUT2D eigenvalue weighted by Gasteiger charge is -2.10. The Morgan fingerprint density at radius 1 is 0.545 bits per heavy atom. The Labute approximate surface area is 254 Å². The molecule has 0 fully saturated rings. The van der Waals surface area contributed by atoms with E-state index in [1.54, 1.807) is 0 Å². The van der Waals surface area contributed by atoms with Gasteiger partial charge in [-0.3, -0.25) is 17.9 Å². The van der Waals surface area contributed by atoms with Crippen molar-refractivity contribution in [3.8, 4) is 11.4 Å². The minimum atomic E-state index is 0.646. The van der Waals surface area contributed by atoms with Gasteiger partial charge in [0.05, 0.1) is 55.5 Å². The molecule has 214 valence electrons. The fraction of sp³-hybridized carbons (Fsp3) is 0.158. The smallest absolute Gasteiger partial charge is 0.220 e. The SMILES string of the molecule is Cc1cccc2c1nc1n(-c3cccc(-n4c5ccccc5n5c6cccc(CCC(C)C)c6nc45)c3)c3ccccc3n21. The van der Waals surface area contributed by atoms with Crippen LogP contribution >= 0.6 is 0 Å². The van der Waals surface area contributed by atoms with E-state index in [1.807, 2.05) is 0 Å². The van der Waals surface area contributed by atoms with E-state index in [2.05, 4.69) is 148 Å². The first-order valence-electron chi connectivity index (χ1n) is 15.5. The van der Waals surface area contributed by atoms with Crippen molar-refractivity contribution in [2.75, 3.05) is 0 Å². The Kier molecular flexibility index (Phi) is 5.33. The highest BCUT2D eigenvalue weighted by Gasteiger charge is 2.21. The van der Waals surface area contributed by atoms with E-state index < -0.39 is 0 Å². The van der Waals surface area contributed by atoms with Crippen molar-refractivity contribution in [3.05, 3.63) is 120 Å². The van der Waals surface area contributed by atoms with Gasteiger partial charge in [0.2, 0.25) is 11.6 Å². The molecule has 0 bridgehead atoms. The van der Waals surface area contributed by atoms with Gasteiger partial charge in [-0.2, -0.15) is 0 Å². The third-order valence-electron chi connectivity index (χ3n) is 9.08. The van der Waals surface area contributed by atoms with Crippen molar-refractivity contribution in [1.29, 1.82) is 0 Å². The van der Waals surface area contributed by atoms with Gasteiger partial charge in [0, 0.05) is 0 Å². The van der Waals surface area contributed by atoms with Crippen molar-refractivity contribution in [3.63, 3.8) is 0 Å². The molecule has 0 saturated carbocycles. The van der Waals surface area contributed by atoms with Crippen molar-refractivity contribution >= 4 is 55.7 Å². The summed E-state index contributed by atoms with van der Waals surface area (Å²) in [5.41, 5.74) is 13.6. The highest BCUT2D eigenvalue weighted by Crippen LogP contribution is 2.34. The molecule has 0 unspecified atom stereocenters. The Morgan fingerprint density at radius 2 is 1.05 bits per heavy atom. The van der Waals surface area contributed by atoms with Crippen LogP contribution < -0.4 is 0 Å². The van der Waals surface area contributed by atoms with Crippen LogP contribution in [0.3, 0.4) is 0 Å². The molecule has 0 radical (unpaired) electrons. The predicted molar refractivity (Wildman–Crippen MR) is 181 cm³/mol. The summed E-state index contributed by atoms with van der Waals surface area (Å²) in [5.74, 6) is 2.49. The van der Waals surface area contributed by atoms with E-state index >= 15 is 0 Å². The van der Waals surface area contributed by atoms with Crippen molar-refractivity contribution in [2.24, 2.45) is 5.92 Å². The lowest BCUT2D eigenvalue weighted by Crippen LogP contribution is -2.00. The Bertz CT molecular complexity index is 2550. The van der Waals surface area contributed by atoms with Gasteiger partial charge in [-0.15, -0.1) is 0 Å². The summed E-state index contributed by atoms with van der Waals surface area (Å²) in [5, 5.41) is 0. The zero-order valence-electron chi connectivity index (χ0n) is 25.1. The first kappa shape index (κ1) is 25.2. The lowest BCUT2D eigenvalue weighted by atomic mass is 10.0. The number of aryl methyl sites for hydroxylation is 2. The van der Waals surface area contributed by atoms with Crippen molar-refractivity contribution in [1.82, 2.24) is 27.9 Å². The Morgan fingerprint density at radius 3 is 1.66 bits per heavy atom. The third-order valence-corrected chi connectivity index (χ3v) is 9.08. The van der Waals surface area contributed by atoms with Gasteiger partial charge in [0.15, 0.2) is 0 Å². The Hall–Kier alpha value is -5.36. The van der Waals surface area contributed by atoms with E-state index in [0.29, 0.717) is 5.92 Å². The van der Waals surface area contributed by atoms with Crippen LogP contribution in [-0.2, 0) is 6.42 Å². The number of nitrogens with zero attached hydrogens (tertiary/aromatic N) is 6. The van der Waals surface area contributed by atoms with Crippen LogP contribution in [0, 0.1) is 12.8 Å². The normalized spacial score (nSPS) is 12.4. The molecular weight excluding hydrogens is 540 g/mol. The lowest BCUT2D eigenvalue weighted by molar-refractivity contribution is 0.588. The van der Waals surface area contributed by atoms with E-state index in [1.165, 1.54) is 11.1 Å². The highest BCUT2D eigenvalue weighted by atomic mass is 15.2. The minimum absolute atomic E-state index is 0.646. The number of rotatable bonds is 5. The maximum absolute atomic E-state index is 5.34. The van der Waals surface area contributed by atoms with Crippen LogP contribution in [0.2, 0.25) is 0 Å². The predicted octanol–water partition coefficient (Wildman–Crippen LogP) is 9.07. The number of para-hydroxylation sites is 6. The average molecular weight is 573 g/mol. The molecule has 9 rings (SSSR count). The van der Waals surface area contributed by atoms with Crippen LogP contribution in [-0.4, -0.2) is 27.9 Å². The number of fused-ring (bicyclic) bond motifs is 10. The maximum Gasteiger partial charge on any atom is 0.220 e. The molecule has 0 amide bonds. The first-order chi connectivity index (χ1) is 21.6. The maximum atomic E-state index is 5.34. The summed E-state index contributed by atoms with van der Waals surface area (Å²) in [6.07, 6.45) is 2.17. The summed E-state index contributed by atoms with van der Waals surface area (Å²) < 4.78 is 9.20. The first-order valence-corrected chi connectivity index (χ1v) is 15.5. The molecule has 4 heterocycles. The zero-order valence-corrected chi connectivity index (χ0v) is 25.1. The molecule has 0 saturated heterocycles. The van der Waals surface area contributed by atoms with Crippen LogP contribution in [0.15, 0.2) is 109 Å². The topological polar surface area (TPSA) is 44.5 Å². The highest BCUT2D eigenvalue weighted by molar-refractivity contribution is 5.95. The average Bonchev–Trinajstić information content (AvgIpc) is 3.77. The largest absolute Gasteiger partial charge is 0.278 e. The van der Waals surface area contributed by atoms with Gasteiger partial charge in [0.1, 0.15) is 0 Å². The molecule has 6 heteroatoms. The summed E-state index contributed by atoms with van der Waals surface area (Å²) in [7, 11) is 0. The minimum Gasteiger partial charge on any atom is -0.278 e. The van der Waals surface area contributed by atoms with Gasteiger partial charge in [-0.05, 0) is 91.4 Å². The monoisotopic (exact) mass is 572 g/mol. The van der Waals surface area contributed by atoms with Gasteiger partial charge >= 0.3 is 0 Å². The number of hydrogen-bond donors (Lipinski definition) is 0. The second-order valence-corrected chi connectivity index (χ2v) is 12.3. The standard InChI is InChI=1S/C38H32N6/c1-24(2)21-22-26-12-9-20-34-36(26)40-38-42(30-16-5-7-18-32(30)44(34)38)28-14-10-13-27(23-28)41-29-15-4-6-17-31(29)43-33-19-8-11-25(3)35(33)39-37(41)43/h4-20,23-24H,21-22H2,1-3H3. The van der Waals surface area contributed by atoms with Gasteiger partial charge < -0.3 is 0 Å². The van der Waals surface area contributed by atoms with E-state index in [9.17, 15) is 0 Å². The van der Waals surface area contributed by atoms with Crippen LogP contribution in [0.5, 0.6) is 0 Å².